The van der Waals surface area contributed by atoms with Crippen LogP contribution in [0.1, 0.15) is 45.1 Å². The topological polar surface area (TPSA) is 41.5 Å². The molecule has 0 radical (unpaired) electrons. The van der Waals surface area contributed by atoms with E-state index < -0.39 is 0 Å². The van der Waals surface area contributed by atoms with Gasteiger partial charge in [-0.05, 0) is 36.7 Å². The molecule has 0 unspecified atom stereocenters. The maximum Gasteiger partial charge on any atom is 0.244 e. The maximum absolute atomic E-state index is 12.3. The lowest BCUT2D eigenvalue weighted by Crippen LogP contribution is -2.23. The van der Waals surface area contributed by atoms with E-state index >= 15 is 0 Å². The molecule has 2 saturated carbocycles. The van der Waals surface area contributed by atoms with Crippen molar-refractivity contribution in [3.8, 4) is 0 Å². The molecular formula is C17H22N2O. The van der Waals surface area contributed by atoms with Crippen LogP contribution in [0.3, 0.4) is 0 Å². The van der Waals surface area contributed by atoms with Gasteiger partial charge < -0.3 is 0 Å². The van der Waals surface area contributed by atoms with Crippen molar-refractivity contribution < 1.29 is 4.79 Å². The van der Waals surface area contributed by atoms with E-state index in [0.717, 1.165) is 11.3 Å². The Balaban J connectivity index is 1.63. The molecule has 3 rings (SSSR count). The Morgan fingerprint density at radius 2 is 2.05 bits per heavy atom. The van der Waals surface area contributed by atoms with Gasteiger partial charge in [0.05, 0.1) is 5.71 Å². The highest BCUT2D eigenvalue weighted by Crippen LogP contribution is 2.66. The van der Waals surface area contributed by atoms with E-state index in [1.165, 1.54) is 25.7 Å². The van der Waals surface area contributed by atoms with Crippen LogP contribution in [0.15, 0.2) is 35.4 Å². The lowest BCUT2D eigenvalue weighted by molar-refractivity contribution is -0.123. The van der Waals surface area contributed by atoms with Gasteiger partial charge in [-0.1, -0.05) is 50.1 Å². The molecule has 2 fully saturated rings. The third kappa shape index (κ3) is 2.26. The van der Waals surface area contributed by atoms with Crippen molar-refractivity contribution in [3.63, 3.8) is 0 Å². The molecule has 0 bridgehead atoms. The van der Waals surface area contributed by atoms with Crippen molar-refractivity contribution in [1.29, 1.82) is 0 Å². The minimum absolute atomic E-state index is 0.106. The molecule has 0 spiro atoms. The van der Waals surface area contributed by atoms with Crippen molar-refractivity contribution in [1.82, 2.24) is 5.43 Å². The highest BCUT2D eigenvalue weighted by molar-refractivity contribution is 5.99. The fraction of sp³-hybridized carbons (Fsp3) is 0.529. The van der Waals surface area contributed by atoms with E-state index in [0.29, 0.717) is 5.92 Å². The molecule has 1 aromatic carbocycles. The lowest BCUT2D eigenvalue weighted by Gasteiger charge is -2.15. The zero-order valence-electron chi connectivity index (χ0n) is 12.2. The second kappa shape index (κ2) is 5.04. The summed E-state index contributed by atoms with van der Waals surface area (Å²) in [6.07, 6.45) is 4.94. The number of nitrogens with zero attached hydrogens (tertiary/aromatic N) is 1. The summed E-state index contributed by atoms with van der Waals surface area (Å²) in [5.74, 6) is 0.871. The first kappa shape index (κ1) is 13.3. The van der Waals surface area contributed by atoms with Crippen LogP contribution in [0.4, 0.5) is 0 Å². The molecule has 0 heterocycles. The first-order chi connectivity index (χ1) is 9.63. The number of fused-ring (bicyclic) bond motifs is 1. The number of rotatable bonds is 3. The fourth-order valence-corrected chi connectivity index (χ4v) is 3.80. The van der Waals surface area contributed by atoms with E-state index in [4.69, 9.17) is 0 Å². The molecular weight excluding hydrogens is 248 g/mol. The van der Waals surface area contributed by atoms with Gasteiger partial charge in [-0.15, -0.1) is 0 Å². The third-order valence-corrected chi connectivity index (χ3v) is 5.14. The van der Waals surface area contributed by atoms with E-state index in [9.17, 15) is 4.79 Å². The molecule has 106 valence electrons. The Bertz CT molecular complexity index is 537. The minimum Gasteiger partial charge on any atom is -0.273 e. The lowest BCUT2D eigenvalue weighted by atomic mass is 9.90. The SMILES string of the molecule is C/C(=N/NC(=O)[C@@H]1[C@H]2CCCC[C@]21C)c1ccccc1. The molecule has 3 nitrogen and oxygen atoms in total. The van der Waals surface area contributed by atoms with Crippen molar-refractivity contribution in [3.05, 3.63) is 35.9 Å². The van der Waals surface area contributed by atoms with Crippen LogP contribution in [-0.4, -0.2) is 11.6 Å². The molecule has 20 heavy (non-hydrogen) atoms. The van der Waals surface area contributed by atoms with Crippen LogP contribution < -0.4 is 5.43 Å². The molecule has 2 aliphatic carbocycles. The van der Waals surface area contributed by atoms with Gasteiger partial charge in [0.15, 0.2) is 0 Å². The Hall–Kier alpha value is -1.64. The second-order valence-electron chi connectivity index (χ2n) is 6.38. The van der Waals surface area contributed by atoms with Crippen LogP contribution in [-0.2, 0) is 4.79 Å². The van der Waals surface area contributed by atoms with Crippen molar-refractivity contribution in [2.24, 2.45) is 22.4 Å². The predicted molar refractivity (Wildman–Crippen MR) is 80.4 cm³/mol. The number of carbonyl (C=O) groups is 1. The zero-order chi connectivity index (χ0) is 14.2. The first-order valence-electron chi connectivity index (χ1n) is 7.52. The molecule has 3 atom stereocenters. The summed E-state index contributed by atoms with van der Waals surface area (Å²) in [4.78, 5) is 12.3. The summed E-state index contributed by atoms with van der Waals surface area (Å²) < 4.78 is 0. The van der Waals surface area contributed by atoms with E-state index in [1.807, 2.05) is 37.3 Å². The van der Waals surface area contributed by atoms with Gasteiger partial charge in [0.1, 0.15) is 0 Å². The summed E-state index contributed by atoms with van der Waals surface area (Å²) in [7, 11) is 0. The molecule has 1 amide bonds. The molecule has 0 aliphatic heterocycles. The van der Waals surface area contributed by atoms with Crippen LogP contribution in [0, 0.1) is 17.3 Å². The number of hydrogen-bond acceptors (Lipinski definition) is 2. The number of hydrogen-bond donors (Lipinski definition) is 1. The average Bonchev–Trinajstić information content (AvgIpc) is 3.11. The van der Waals surface area contributed by atoms with Crippen molar-refractivity contribution in [2.75, 3.05) is 0 Å². The number of hydrazone groups is 1. The summed E-state index contributed by atoms with van der Waals surface area (Å²) in [5, 5.41) is 4.26. The van der Waals surface area contributed by atoms with Gasteiger partial charge in [-0.25, -0.2) is 5.43 Å². The third-order valence-electron chi connectivity index (χ3n) is 5.14. The van der Waals surface area contributed by atoms with E-state index in [-0.39, 0.29) is 17.2 Å². The Kier molecular flexibility index (Phi) is 3.36. The van der Waals surface area contributed by atoms with Gasteiger partial charge in [0.2, 0.25) is 5.91 Å². The van der Waals surface area contributed by atoms with Gasteiger partial charge in [-0.3, -0.25) is 4.79 Å². The van der Waals surface area contributed by atoms with Gasteiger partial charge in [0, 0.05) is 5.92 Å². The van der Waals surface area contributed by atoms with E-state index in [1.54, 1.807) is 0 Å². The average molecular weight is 270 g/mol. The highest BCUT2D eigenvalue weighted by Gasteiger charge is 2.64. The van der Waals surface area contributed by atoms with Crippen LogP contribution in [0.5, 0.6) is 0 Å². The fourth-order valence-electron chi connectivity index (χ4n) is 3.80. The molecule has 1 N–H and O–H groups in total. The molecule has 2 aliphatic rings. The smallest absolute Gasteiger partial charge is 0.244 e. The maximum atomic E-state index is 12.3. The van der Waals surface area contributed by atoms with E-state index in [2.05, 4.69) is 17.5 Å². The zero-order valence-corrected chi connectivity index (χ0v) is 12.2. The van der Waals surface area contributed by atoms with Crippen molar-refractivity contribution >= 4 is 11.6 Å². The standard InChI is InChI=1S/C17H22N2O/c1-12(13-8-4-3-5-9-13)18-19-16(20)15-14-10-6-7-11-17(14,15)2/h3-5,8-9,14-15H,6-7,10-11H2,1-2H3,(H,19,20)/b18-12-/t14-,15+,17-/m1/s1. The number of carbonyl (C=O) groups excluding carboxylic acids is 1. The predicted octanol–water partition coefficient (Wildman–Crippen LogP) is 3.35. The Labute approximate surface area is 120 Å². The number of amides is 1. The minimum atomic E-state index is 0.106. The first-order valence-corrected chi connectivity index (χ1v) is 7.52. The largest absolute Gasteiger partial charge is 0.273 e. The highest BCUT2D eigenvalue weighted by atomic mass is 16.2. The monoisotopic (exact) mass is 270 g/mol. The van der Waals surface area contributed by atoms with Crippen molar-refractivity contribution in [2.45, 2.75) is 39.5 Å². The molecule has 0 saturated heterocycles. The second-order valence-corrected chi connectivity index (χ2v) is 6.38. The summed E-state index contributed by atoms with van der Waals surface area (Å²) in [6, 6.07) is 9.94. The van der Waals surface area contributed by atoms with Gasteiger partial charge in [-0.2, -0.15) is 5.10 Å². The Morgan fingerprint density at radius 3 is 2.70 bits per heavy atom. The van der Waals surface area contributed by atoms with Crippen LogP contribution >= 0.6 is 0 Å². The molecule has 0 aromatic heterocycles. The summed E-state index contributed by atoms with van der Waals surface area (Å²) in [6.45, 7) is 4.19. The molecule has 1 aromatic rings. The quantitative estimate of drug-likeness (QED) is 0.664. The summed E-state index contributed by atoms with van der Waals surface area (Å²) in [5.41, 5.74) is 4.92. The number of nitrogens with one attached hydrogen (secondary N) is 1. The van der Waals surface area contributed by atoms with Crippen LogP contribution in [0.25, 0.3) is 0 Å². The Morgan fingerprint density at radius 1 is 1.30 bits per heavy atom. The van der Waals surface area contributed by atoms with Crippen LogP contribution in [0.2, 0.25) is 0 Å². The molecule has 3 heteroatoms. The van der Waals surface area contributed by atoms with Gasteiger partial charge >= 0.3 is 0 Å². The summed E-state index contributed by atoms with van der Waals surface area (Å²) >= 11 is 0. The number of benzene rings is 1. The normalized spacial score (nSPS) is 32.4. The van der Waals surface area contributed by atoms with Gasteiger partial charge in [0.25, 0.3) is 0 Å².